The molecule has 1 amide bonds. The highest BCUT2D eigenvalue weighted by Gasteiger charge is 2.20. The Kier molecular flexibility index (Phi) is 7.06. The fourth-order valence-corrected chi connectivity index (χ4v) is 2.91. The van der Waals surface area contributed by atoms with E-state index in [1.165, 1.54) is 26.0 Å². The number of esters is 1. The molecule has 8 heteroatoms. The number of rotatable bonds is 7. The van der Waals surface area contributed by atoms with E-state index < -0.39 is 29.5 Å². The minimum atomic E-state index is -1.04. The smallest absolute Gasteiger partial charge is 0.316 e. The Morgan fingerprint density at radius 3 is 2.41 bits per heavy atom. The molecule has 0 aromatic heterocycles. The molecule has 2 rings (SSSR count). The average Bonchev–Trinajstić information content (AvgIpc) is 2.62. The summed E-state index contributed by atoms with van der Waals surface area (Å²) in [6.45, 7) is 2.80. The number of hydrogen-bond acceptors (Lipinski definition) is 5. The van der Waals surface area contributed by atoms with Crippen LogP contribution in [0.5, 0.6) is 0 Å². The first-order chi connectivity index (χ1) is 12.8. The third-order valence-corrected chi connectivity index (χ3v) is 4.41. The Labute approximate surface area is 159 Å². The SMILES string of the molecule is CC(=O)Nc1ccc(C(=O)[C@H](C)OC(=O)CSc2cc(F)ccc2F)cc1. The predicted molar refractivity (Wildman–Crippen MR) is 97.7 cm³/mol. The fraction of sp³-hybridized carbons (Fsp3) is 0.211. The highest BCUT2D eigenvalue weighted by atomic mass is 32.2. The lowest BCUT2D eigenvalue weighted by molar-refractivity contribution is -0.143. The highest BCUT2D eigenvalue weighted by Crippen LogP contribution is 2.23. The summed E-state index contributed by atoms with van der Waals surface area (Å²) in [5.74, 6) is -2.89. The van der Waals surface area contributed by atoms with Crippen LogP contribution in [0.2, 0.25) is 0 Å². The van der Waals surface area contributed by atoms with Crippen molar-refractivity contribution in [3.8, 4) is 0 Å². The number of ether oxygens (including phenoxy) is 1. The van der Waals surface area contributed by atoms with Gasteiger partial charge in [0.15, 0.2) is 6.10 Å². The molecule has 0 bridgehead atoms. The molecule has 0 aliphatic rings. The van der Waals surface area contributed by atoms with Gasteiger partial charge >= 0.3 is 5.97 Å². The number of carbonyl (C=O) groups excluding carboxylic acids is 3. The summed E-state index contributed by atoms with van der Waals surface area (Å²) in [6.07, 6.45) is -1.04. The van der Waals surface area contributed by atoms with Gasteiger partial charge in [-0.25, -0.2) is 8.78 Å². The summed E-state index contributed by atoms with van der Waals surface area (Å²) in [5, 5.41) is 2.58. The summed E-state index contributed by atoms with van der Waals surface area (Å²) in [5.41, 5.74) is 0.852. The van der Waals surface area contributed by atoms with Crippen LogP contribution in [0, 0.1) is 11.6 Å². The van der Waals surface area contributed by atoms with Crippen molar-refractivity contribution < 1.29 is 27.9 Å². The molecule has 2 aromatic carbocycles. The van der Waals surface area contributed by atoms with E-state index in [-0.39, 0.29) is 16.6 Å². The number of hydrogen-bond donors (Lipinski definition) is 1. The van der Waals surface area contributed by atoms with Gasteiger partial charge in [0.25, 0.3) is 0 Å². The third-order valence-electron chi connectivity index (χ3n) is 3.41. The van der Waals surface area contributed by atoms with E-state index in [0.717, 1.165) is 30.0 Å². The number of nitrogens with one attached hydrogen (secondary N) is 1. The summed E-state index contributed by atoms with van der Waals surface area (Å²) in [6, 6.07) is 9.08. The van der Waals surface area contributed by atoms with Crippen LogP contribution in [-0.4, -0.2) is 29.5 Å². The van der Waals surface area contributed by atoms with Gasteiger partial charge in [-0.2, -0.15) is 0 Å². The first-order valence-electron chi connectivity index (χ1n) is 7.95. The van der Waals surface area contributed by atoms with Crippen molar-refractivity contribution in [1.82, 2.24) is 0 Å². The second kappa shape index (κ2) is 9.27. The first kappa shape index (κ1) is 20.6. The van der Waals surface area contributed by atoms with Crippen molar-refractivity contribution >= 4 is 35.1 Å². The lowest BCUT2D eigenvalue weighted by Crippen LogP contribution is -2.25. The van der Waals surface area contributed by atoms with Crippen molar-refractivity contribution in [2.24, 2.45) is 0 Å². The number of halogens is 2. The maximum absolute atomic E-state index is 13.5. The zero-order valence-electron chi connectivity index (χ0n) is 14.6. The van der Waals surface area contributed by atoms with Gasteiger partial charge in [0.05, 0.1) is 5.75 Å². The third kappa shape index (κ3) is 6.18. The van der Waals surface area contributed by atoms with E-state index in [0.29, 0.717) is 11.3 Å². The molecule has 2 aromatic rings. The zero-order valence-corrected chi connectivity index (χ0v) is 15.4. The molecule has 0 saturated heterocycles. The Balaban J connectivity index is 1.90. The zero-order chi connectivity index (χ0) is 20.0. The van der Waals surface area contributed by atoms with Gasteiger partial charge in [0, 0.05) is 23.1 Å². The largest absolute Gasteiger partial charge is 0.454 e. The molecule has 0 saturated carbocycles. The van der Waals surface area contributed by atoms with E-state index >= 15 is 0 Å². The van der Waals surface area contributed by atoms with Gasteiger partial charge in [0.2, 0.25) is 11.7 Å². The van der Waals surface area contributed by atoms with Crippen molar-refractivity contribution in [3.63, 3.8) is 0 Å². The number of anilines is 1. The summed E-state index contributed by atoms with van der Waals surface area (Å²) in [4.78, 5) is 35.1. The standard InChI is InChI=1S/C19H17F2NO4S/c1-11(19(25)13-3-6-15(7-4-13)22-12(2)23)26-18(24)10-27-17-9-14(20)5-8-16(17)21/h3-9,11H,10H2,1-2H3,(H,22,23)/t11-/m0/s1. The van der Waals surface area contributed by atoms with Crippen molar-refractivity contribution in [1.29, 1.82) is 0 Å². The minimum Gasteiger partial charge on any atom is -0.454 e. The van der Waals surface area contributed by atoms with Crippen LogP contribution < -0.4 is 5.32 Å². The van der Waals surface area contributed by atoms with Crippen LogP contribution in [0.3, 0.4) is 0 Å². The second-order valence-electron chi connectivity index (χ2n) is 5.62. The molecule has 0 radical (unpaired) electrons. The number of thioether (sulfide) groups is 1. The van der Waals surface area contributed by atoms with Crippen molar-refractivity contribution in [2.45, 2.75) is 24.8 Å². The van der Waals surface area contributed by atoms with Crippen LogP contribution in [0.1, 0.15) is 24.2 Å². The first-order valence-corrected chi connectivity index (χ1v) is 8.94. The molecule has 0 unspecified atom stereocenters. The Hall–Kier alpha value is -2.74. The molecule has 1 N–H and O–H groups in total. The lowest BCUT2D eigenvalue weighted by atomic mass is 10.1. The second-order valence-corrected chi connectivity index (χ2v) is 6.64. The van der Waals surface area contributed by atoms with E-state index in [2.05, 4.69) is 5.32 Å². The maximum atomic E-state index is 13.5. The van der Waals surface area contributed by atoms with Gasteiger partial charge < -0.3 is 10.1 Å². The Bertz CT molecular complexity index is 855. The number of benzene rings is 2. The molecule has 27 heavy (non-hydrogen) atoms. The van der Waals surface area contributed by atoms with Gasteiger partial charge in [-0.1, -0.05) is 0 Å². The molecule has 0 spiro atoms. The summed E-state index contributed by atoms with van der Waals surface area (Å²) in [7, 11) is 0. The number of ketones is 1. The van der Waals surface area contributed by atoms with E-state index in [4.69, 9.17) is 4.74 Å². The molecule has 0 fully saturated rings. The monoisotopic (exact) mass is 393 g/mol. The molecular formula is C19H17F2NO4S. The molecular weight excluding hydrogens is 376 g/mol. The van der Waals surface area contributed by atoms with Gasteiger partial charge in [-0.05, 0) is 49.4 Å². The van der Waals surface area contributed by atoms with Crippen LogP contribution in [0.4, 0.5) is 14.5 Å². The Morgan fingerprint density at radius 2 is 1.78 bits per heavy atom. The average molecular weight is 393 g/mol. The molecule has 142 valence electrons. The predicted octanol–water partition coefficient (Wildman–Crippen LogP) is 3.83. The lowest BCUT2D eigenvalue weighted by Gasteiger charge is -2.13. The minimum absolute atomic E-state index is 0.0144. The van der Waals surface area contributed by atoms with Crippen LogP contribution in [0.25, 0.3) is 0 Å². The van der Waals surface area contributed by atoms with Crippen LogP contribution in [-0.2, 0) is 14.3 Å². The summed E-state index contributed by atoms with van der Waals surface area (Å²) < 4.78 is 31.7. The van der Waals surface area contributed by atoms with Crippen LogP contribution >= 0.6 is 11.8 Å². The fourth-order valence-electron chi connectivity index (χ4n) is 2.16. The molecule has 5 nitrogen and oxygen atoms in total. The van der Waals surface area contributed by atoms with Gasteiger partial charge in [-0.3, -0.25) is 14.4 Å². The number of amides is 1. The number of carbonyl (C=O) groups is 3. The van der Waals surface area contributed by atoms with E-state index in [1.54, 1.807) is 12.1 Å². The topological polar surface area (TPSA) is 72.5 Å². The van der Waals surface area contributed by atoms with E-state index in [1.807, 2.05) is 0 Å². The molecule has 1 atom stereocenters. The van der Waals surface area contributed by atoms with Crippen LogP contribution in [0.15, 0.2) is 47.4 Å². The molecule has 0 aliphatic heterocycles. The van der Waals surface area contributed by atoms with Gasteiger partial charge in [0.1, 0.15) is 11.6 Å². The number of Topliss-reactive ketones (excluding diaryl/α,β-unsaturated/α-hetero) is 1. The molecule has 0 aliphatic carbocycles. The van der Waals surface area contributed by atoms with E-state index in [9.17, 15) is 23.2 Å². The van der Waals surface area contributed by atoms with Crippen molar-refractivity contribution in [2.75, 3.05) is 11.1 Å². The van der Waals surface area contributed by atoms with Crippen molar-refractivity contribution in [3.05, 3.63) is 59.7 Å². The quantitative estimate of drug-likeness (QED) is 0.440. The summed E-state index contributed by atoms with van der Waals surface area (Å²) >= 11 is 0.785. The molecule has 0 heterocycles. The maximum Gasteiger partial charge on any atom is 0.316 e. The normalized spacial score (nSPS) is 11.6. The van der Waals surface area contributed by atoms with Gasteiger partial charge in [-0.15, -0.1) is 11.8 Å². The highest BCUT2D eigenvalue weighted by molar-refractivity contribution is 8.00. The Morgan fingerprint density at radius 1 is 1.11 bits per heavy atom.